The third kappa shape index (κ3) is 2.88. The third-order valence-electron chi connectivity index (χ3n) is 2.18. The van der Waals surface area contributed by atoms with E-state index in [0.29, 0.717) is 9.90 Å². The number of aryl methyl sites for hydroxylation is 1. The van der Waals surface area contributed by atoms with Crippen LogP contribution in [0.4, 0.5) is 5.69 Å². The van der Waals surface area contributed by atoms with Gasteiger partial charge in [-0.2, -0.15) is 0 Å². The first-order valence-electron chi connectivity index (χ1n) is 4.81. The normalized spacial score (nSPS) is 11.4. The molecule has 0 fully saturated rings. The molecule has 0 aliphatic carbocycles. The molecule has 0 atom stereocenters. The Balaban J connectivity index is 2.30. The summed E-state index contributed by atoms with van der Waals surface area (Å²) in [4.78, 5) is 0. The van der Waals surface area contributed by atoms with E-state index in [1.54, 1.807) is 29.6 Å². The first-order valence-corrected chi connectivity index (χ1v) is 7.97. The SMILES string of the molecule is Cc1ccc(NS(=O)(=O)c2cccs2)cc1Br. The average Bonchev–Trinajstić information content (AvgIpc) is 2.77. The highest BCUT2D eigenvalue weighted by Gasteiger charge is 2.15. The largest absolute Gasteiger partial charge is 0.279 e. The van der Waals surface area contributed by atoms with Crippen LogP contribution in [0.2, 0.25) is 0 Å². The van der Waals surface area contributed by atoms with Gasteiger partial charge in [-0.25, -0.2) is 8.42 Å². The highest BCUT2D eigenvalue weighted by atomic mass is 79.9. The lowest BCUT2D eigenvalue weighted by molar-refractivity contribution is 0.603. The van der Waals surface area contributed by atoms with Gasteiger partial charge in [0.1, 0.15) is 4.21 Å². The van der Waals surface area contributed by atoms with Crippen molar-refractivity contribution in [3.05, 3.63) is 45.7 Å². The van der Waals surface area contributed by atoms with Gasteiger partial charge in [0.2, 0.25) is 0 Å². The Bertz CT molecular complexity index is 621. The number of rotatable bonds is 3. The number of sulfonamides is 1. The molecule has 0 spiro atoms. The molecule has 1 heterocycles. The molecule has 0 amide bonds. The Morgan fingerprint density at radius 2 is 2.06 bits per heavy atom. The van der Waals surface area contributed by atoms with Crippen LogP contribution in [0.5, 0.6) is 0 Å². The fourth-order valence-electron chi connectivity index (χ4n) is 1.28. The summed E-state index contributed by atoms with van der Waals surface area (Å²) in [5, 5.41) is 1.74. The quantitative estimate of drug-likeness (QED) is 0.933. The summed E-state index contributed by atoms with van der Waals surface area (Å²) in [6.45, 7) is 1.95. The summed E-state index contributed by atoms with van der Waals surface area (Å²) in [5.41, 5.74) is 1.61. The lowest BCUT2D eigenvalue weighted by atomic mass is 10.2. The van der Waals surface area contributed by atoms with Crippen molar-refractivity contribution in [1.82, 2.24) is 0 Å². The number of halogens is 1. The van der Waals surface area contributed by atoms with E-state index in [2.05, 4.69) is 20.7 Å². The van der Waals surface area contributed by atoms with Crippen LogP contribution in [0.25, 0.3) is 0 Å². The van der Waals surface area contributed by atoms with E-state index < -0.39 is 10.0 Å². The number of hydrogen-bond acceptors (Lipinski definition) is 3. The molecular weight excluding hydrogens is 322 g/mol. The molecule has 6 heteroatoms. The van der Waals surface area contributed by atoms with Crippen LogP contribution in [-0.2, 0) is 10.0 Å². The molecular formula is C11H10BrNO2S2. The molecule has 0 aliphatic rings. The van der Waals surface area contributed by atoms with Crippen molar-refractivity contribution in [1.29, 1.82) is 0 Å². The standard InChI is InChI=1S/C11H10BrNO2S2/c1-8-4-5-9(7-10(8)12)13-17(14,15)11-3-2-6-16-11/h2-7,13H,1H3. The van der Waals surface area contributed by atoms with Crippen molar-refractivity contribution in [3.8, 4) is 0 Å². The predicted octanol–water partition coefficient (Wildman–Crippen LogP) is 3.62. The molecule has 2 aromatic rings. The van der Waals surface area contributed by atoms with E-state index in [9.17, 15) is 8.42 Å². The molecule has 0 bridgehead atoms. The summed E-state index contributed by atoms with van der Waals surface area (Å²) in [7, 11) is -3.45. The molecule has 0 saturated carbocycles. The maximum atomic E-state index is 11.9. The Morgan fingerprint density at radius 3 is 2.65 bits per heavy atom. The highest BCUT2D eigenvalue weighted by Crippen LogP contribution is 2.24. The predicted molar refractivity (Wildman–Crippen MR) is 74.0 cm³/mol. The van der Waals surface area contributed by atoms with Crippen LogP contribution >= 0.6 is 27.3 Å². The zero-order chi connectivity index (χ0) is 12.5. The van der Waals surface area contributed by atoms with Gasteiger partial charge in [0, 0.05) is 10.2 Å². The maximum Gasteiger partial charge on any atom is 0.271 e. The Hall–Kier alpha value is -0.850. The van der Waals surface area contributed by atoms with Gasteiger partial charge < -0.3 is 0 Å². The lowest BCUT2D eigenvalue weighted by Crippen LogP contribution is -2.11. The first kappa shape index (κ1) is 12.6. The number of thiophene rings is 1. The lowest BCUT2D eigenvalue weighted by Gasteiger charge is -2.07. The molecule has 2 rings (SSSR count). The van der Waals surface area contributed by atoms with E-state index in [1.807, 2.05) is 13.0 Å². The van der Waals surface area contributed by atoms with Gasteiger partial charge in [-0.1, -0.05) is 28.1 Å². The van der Waals surface area contributed by atoms with E-state index in [1.165, 1.54) is 11.3 Å². The summed E-state index contributed by atoms with van der Waals surface area (Å²) in [6, 6.07) is 8.64. The first-order chi connectivity index (χ1) is 7.99. The van der Waals surface area contributed by atoms with E-state index in [4.69, 9.17) is 0 Å². The van der Waals surface area contributed by atoms with Crippen molar-refractivity contribution in [2.45, 2.75) is 11.1 Å². The fraction of sp³-hybridized carbons (Fsp3) is 0.0909. The Morgan fingerprint density at radius 1 is 1.29 bits per heavy atom. The monoisotopic (exact) mass is 331 g/mol. The molecule has 0 saturated heterocycles. The van der Waals surface area contributed by atoms with Gasteiger partial charge in [-0.15, -0.1) is 11.3 Å². The summed E-state index contributed by atoms with van der Waals surface area (Å²) in [5.74, 6) is 0. The van der Waals surface area contributed by atoms with E-state index in [-0.39, 0.29) is 0 Å². The molecule has 0 unspecified atom stereocenters. The van der Waals surface area contributed by atoms with Gasteiger partial charge in [0.05, 0.1) is 0 Å². The highest BCUT2D eigenvalue weighted by molar-refractivity contribution is 9.10. The third-order valence-corrected chi connectivity index (χ3v) is 5.82. The molecule has 0 radical (unpaired) electrons. The van der Waals surface area contributed by atoms with Crippen LogP contribution in [0.15, 0.2) is 44.4 Å². The van der Waals surface area contributed by atoms with Crippen molar-refractivity contribution in [2.24, 2.45) is 0 Å². The van der Waals surface area contributed by atoms with Gasteiger partial charge in [-0.3, -0.25) is 4.72 Å². The van der Waals surface area contributed by atoms with Gasteiger partial charge >= 0.3 is 0 Å². The van der Waals surface area contributed by atoms with Gasteiger partial charge in [0.25, 0.3) is 10.0 Å². The number of hydrogen-bond donors (Lipinski definition) is 1. The fourth-order valence-corrected chi connectivity index (χ4v) is 3.70. The summed E-state index contributed by atoms with van der Waals surface area (Å²) >= 11 is 4.56. The summed E-state index contributed by atoms with van der Waals surface area (Å²) < 4.78 is 27.6. The second-order valence-electron chi connectivity index (χ2n) is 3.50. The van der Waals surface area contributed by atoms with E-state index >= 15 is 0 Å². The van der Waals surface area contributed by atoms with Crippen LogP contribution < -0.4 is 4.72 Å². The minimum atomic E-state index is -3.45. The van der Waals surface area contributed by atoms with Crippen LogP contribution in [-0.4, -0.2) is 8.42 Å². The van der Waals surface area contributed by atoms with Crippen molar-refractivity contribution < 1.29 is 8.42 Å². The van der Waals surface area contributed by atoms with Crippen LogP contribution in [0.3, 0.4) is 0 Å². The van der Waals surface area contributed by atoms with Gasteiger partial charge in [0.15, 0.2) is 0 Å². The minimum absolute atomic E-state index is 0.314. The molecule has 1 N–H and O–H groups in total. The molecule has 17 heavy (non-hydrogen) atoms. The molecule has 1 aromatic heterocycles. The van der Waals surface area contributed by atoms with Crippen LogP contribution in [0.1, 0.15) is 5.56 Å². The molecule has 0 aliphatic heterocycles. The molecule has 1 aromatic carbocycles. The van der Waals surface area contributed by atoms with Crippen LogP contribution in [0, 0.1) is 6.92 Å². The topological polar surface area (TPSA) is 46.2 Å². The van der Waals surface area contributed by atoms with E-state index in [0.717, 1.165) is 10.0 Å². The zero-order valence-corrected chi connectivity index (χ0v) is 12.2. The molecule has 3 nitrogen and oxygen atoms in total. The minimum Gasteiger partial charge on any atom is -0.279 e. The average molecular weight is 332 g/mol. The maximum absolute atomic E-state index is 11.9. The second-order valence-corrected chi connectivity index (χ2v) is 7.21. The Labute approximate surface area is 113 Å². The zero-order valence-electron chi connectivity index (χ0n) is 8.98. The van der Waals surface area contributed by atoms with Gasteiger partial charge in [-0.05, 0) is 36.1 Å². The van der Waals surface area contributed by atoms with Crippen molar-refractivity contribution in [2.75, 3.05) is 4.72 Å². The second kappa shape index (κ2) is 4.80. The Kier molecular flexibility index (Phi) is 3.56. The molecule has 90 valence electrons. The number of benzene rings is 1. The summed E-state index contributed by atoms with van der Waals surface area (Å²) in [6.07, 6.45) is 0. The number of anilines is 1. The number of nitrogens with one attached hydrogen (secondary N) is 1. The smallest absolute Gasteiger partial charge is 0.271 e. The van der Waals surface area contributed by atoms with Crippen molar-refractivity contribution in [3.63, 3.8) is 0 Å². The van der Waals surface area contributed by atoms with Crippen molar-refractivity contribution >= 4 is 43.0 Å².